The van der Waals surface area contributed by atoms with E-state index in [1.54, 1.807) is 7.11 Å². The van der Waals surface area contributed by atoms with Crippen LogP contribution in [0.4, 0.5) is 11.5 Å². The highest BCUT2D eigenvalue weighted by Crippen LogP contribution is 2.18. The van der Waals surface area contributed by atoms with Crippen LogP contribution in [-0.2, 0) is 4.74 Å². The number of hydrogen-bond acceptors (Lipinski definition) is 6. The standard InChI is InChI=1S/C9H17N5O3/c1-13(5-6-17-2)4-3-10-8-7-11-12-9(8)14(15)16/h7,10H,3-6H2,1-2H3,(H,11,12). The molecule has 1 aromatic heterocycles. The lowest BCUT2D eigenvalue weighted by Gasteiger charge is -2.15. The molecular weight excluding hydrogens is 226 g/mol. The first-order valence-electron chi connectivity index (χ1n) is 5.24. The summed E-state index contributed by atoms with van der Waals surface area (Å²) >= 11 is 0. The van der Waals surface area contributed by atoms with E-state index < -0.39 is 4.92 Å². The van der Waals surface area contributed by atoms with E-state index in [1.165, 1.54) is 6.20 Å². The number of aromatic nitrogens is 2. The first-order valence-corrected chi connectivity index (χ1v) is 5.24. The highest BCUT2D eigenvalue weighted by atomic mass is 16.6. The van der Waals surface area contributed by atoms with E-state index in [9.17, 15) is 10.1 Å². The minimum Gasteiger partial charge on any atom is -0.383 e. The Bertz CT molecular complexity index is 354. The average Bonchev–Trinajstić information content (AvgIpc) is 2.74. The van der Waals surface area contributed by atoms with Gasteiger partial charge in [-0.1, -0.05) is 5.10 Å². The quantitative estimate of drug-likeness (QED) is 0.504. The van der Waals surface area contributed by atoms with Crippen LogP contribution >= 0.6 is 0 Å². The number of hydrogen-bond donors (Lipinski definition) is 2. The molecule has 0 amide bonds. The lowest BCUT2D eigenvalue weighted by Crippen LogP contribution is -2.28. The fraction of sp³-hybridized carbons (Fsp3) is 0.667. The molecule has 0 bridgehead atoms. The number of anilines is 1. The van der Waals surface area contributed by atoms with Crippen molar-refractivity contribution in [2.45, 2.75) is 0 Å². The van der Waals surface area contributed by atoms with Gasteiger partial charge < -0.3 is 25.1 Å². The summed E-state index contributed by atoms with van der Waals surface area (Å²) in [6.07, 6.45) is 1.41. The van der Waals surface area contributed by atoms with Crippen LogP contribution in [0, 0.1) is 10.1 Å². The Balaban J connectivity index is 2.30. The largest absolute Gasteiger partial charge is 0.383 e. The lowest BCUT2D eigenvalue weighted by atomic mass is 10.4. The minimum absolute atomic E-state index is 0.107. The molecular formula is C9H17N5O3. The van der Waals surface area contributed by atoms with Crippen molar-refractivity contribution in [3.8, 4) is 0 Å². The van der Waals surface area contributed by atoms with Crippen molar-refractivity contribution in [2.75, 3.05) is 45.7 Å². The van der Waals surface area contributed by atoms with Gasteiger partial charge in [0, 0.05) is 26.7 Å². The number of rotatable bonds is 8. The molecule has 17 heavy (non-hydrogen) atoms. The zero-order valence-corrected chi connectivity index (χ0v) is 9.97. The second-order valence-corrected chi connectivity index (χ2v) is 3.61. The second kappa shape index (κ2) is 6.81. The minimum atomic E-state index is -0.496. The van der Waals surface area contributed by atoms with Gasteiger partial charge >= 0.3 is 5.82 Å². The molecule has 2 N–H and O–H groups in total. The van der Waals surface area contributed by atoms with Crippen LogP contribution in [0.5, 0.6) is 0 Å². The number of H-pyrrole nitrogens is 1. The molecule has 0 aliphatic carbocycles. The van der Waals surface area contributed by atoms with E-state index in [0.29, 0.717) is 18.8 Å². The molecule has 0 aromatic carbocycles. The highest BCUT2D eigenvalue weighted by Gasteiger charge is 2.13. The number of likely N-dealkylation sites (N-methyl/N-ethyl adjacent to an activating group) is 1. The Morgan fingerprint density at radius 2 is 2.41 bits per heavy atom. The van der Waals surface area contributed by atoms with E-state index >= 15 is 0 Å². The number of nitro groups is 1. The third-order valence-corrected chi connectivity index (χ3v) is 2.29. The first kappa shape index (κ1) is 13.4. The van der Waals surface area contributed by atoms with Crippen LogP contribution in [0.1, 0.15) is 0 Å². The Morgan fingerprint density at radius 3 is 3.06 bits per heavy atom. The second-order valence-electron chi connectivity index (χ2n) is 3.61. The maximum Gasteiger partial charge on any atom is 0.366 e. The highest BCUT2D eigenvalue weighted by molar-refractivity contribution is 5.55. The summed E-state index contributed by atoms with van der Waals surface area (Å²) in [5.41, 5.74) is 0.412. The number of aromatic amines is 1. The molecule has 0 saturated heterocycles. The summed E-state index contributed by atoms with van der Waals surface area (Å²) < 4.78 is 4.95. The van der Waals surface area contributed by atoms with Gasteiger partial charge in [0.15, 0.2) is 5.69 Å². The summed E-state index contributed by atoms with van der Waals surface area (Å²) in [5, 5.41) is 19.5. The van der Waals surface area contributed by atoms with E-state index in [0.717, 1.165) is 13.1 Å². The third kappa shape index (κ3) is 4.37. The van der Waals surface area contributed by atoms with Crippen molar-refractivity contribution in [3.63, 3.8) is 0 Å². The fourth-order valence-corrected chi connectivity index (χ4v) is 1.29. The molecule has 0 radical (unpaired) electrons. The van der Waals surface area contributed by atoms with E-state index in [4.69, 9.17) is 4.74 Å². The van der Waals surface area contributed by atoms with Crippen molar-refractivity contribution in [3.05, 3.63) is 16.3 Å². The van der Waals surface area contributed by atoms with Crippen molar-refractivity contribution in [1.29, 1.82) is 0 Å². The summed E-state index contributed by atoms with van der Waals surface area (Å²) in [6, 6.07) is 0. The number of methoxy groups -OCH3 is 1. The number of nitrogens with zero attached hydrogens (tertiary/aromatic N) is 3. The third-order valence-electron chi connectivity index (χ3n) is 2.29. The number of nitrogens with one attached hydrogen (secondary N) is 2. The van der Waals surface area contributed by atoms with Gasteiger partial charge in [0.2, 0.25) is 0 Å². The summed E-state index contributed by atoms with van der Waals surface area (Å²) in [4.78, 5) is 12.2. The predicted octanol–water partition coefficient (Wildman–Crippen LogP) is 0.308. The summed E-state index contributed by atoms with van der Waals surface area (Å²) in [5.74, 6) is -0.107. The van der Waals surface area contributed by atoms with E-state index in [2.05, 4.69) is 20.4 Å². The molecule has 0 spiro atoms. The van der Waals surface area contributed by atoms with E-state index in [1.807, 2.05) is 7.05 Å². The smallest absolute Gasteiger partial charge is 0.366 e. The average molecular weight is 243 g/mol. The predicted molar refractivity (Wildman–Crippen MR) is 63.1 cm³/mol. The van der Waals surface area contributed by atoms with Gasteiger partial charge in [-0.05, 0) is 12.0 Å². The van der Waals surface area contributed by atoms with Gasteiger partial charge in [-0.2, -0.15) is 0 Å². The summed E-state index contributed by atoms with van der Waals surface area (Å²) in [6.45, 7) is 2.88. The Hall–Kier alpha value is -1.67. The zero-order chi connectivity index (χ0) is 12.7. The van der Waals surface area contributed by atoms with Gasteiger partial charge in [-0.15, -0.1) is 5.10 Å². The molecule has 8 nitrogen and oxygen atoms in total. The lowest BCUT2D eigenvalue weighted by molar-refractivity contribution is -0.388. The molecule has 1 heterocycles. The summed E-state index contributed by atoms with van der Waals surface area (Å²) in [7, 11) is 3.62. The maximum absolute atomic E-state index is 10.6. The van der Waals surface area contributed by atoms with Crippen LogP contribution in [0.2, 0.25) is 0 Å². The van der Waals surface area contributed by atoms with E-state index in [-0.39, 0.29) is 5.82 Å². The topological polar surface area (TPSA) is 96.3 Å². The van der Waals surface area contributed by atoms with Gasteiger partial charge in [0.1, 0.15) is 6.20 Å². The maximum atomic E-state index is 10.6. The van der Waals surface area contributed by atoms with Gasteiger partial charge in [0.25, 0.3) is 0 Å². The van der Waals surface area contributed by atoms with Crippen LogP contribution in [0.25, 0.3) is 0 Å². The van der Waals surface area contributed by atoms with Crippen LogP contribution < -0.4 is 5.32 Å². The molecule has 0 atom stereocenters. The van der Waals surface area contributed by atoms with Crippen molar-refractivity contribution in [2.24, 2.45) is 0 Å². The van der Waals surface area contributed by atoms with Crippen LogP contribution in [0.3, 0.4) is 0 Å². The molecule has 1 rings (SSSR count). The van der Waals surface area contributed by atoms with Crippen molar-refractivity contribution in [1.82, 2.24) is 15.1 Å². The molecule has 0 unspecified atom stereocenters. The Kier molecular flexibility index (Phi) is 5.37. The molecule has 0 fully saturated rings. The van der Waals surface area contributed by atoms with Crippen molar-refractivity contribution >= 4 is 11.5 Å². The molecule has 0 saturated carbocycles. The Morgan fingerprint density at radius 1 is 1.65 bits per heavy atom. The van der Waals surface area contributed by atoms with Crippen LogP contribution in [-0.4, -0.2) is 60.4 Å². The van der Waals surface area contributed by atoms with Crippen LogP contribution in [0.15, 0.2) is 6.20 Å². The Labute approximate surface area is 99.1 Å². The van der Waals surface area contributed by atoms with Gasteiger partial charge in [-0.25, -0.2) is 0 Å². The molecule has 1 aromatic rings. The molecule has 0 aliphatic rings. The van der Waals surface area contributed by atoms with Crippen molar-refractivity contribution < 1.29 is 9.66 Å². The first-order chi connectivity index (χ1) is 8.15. The molecule has 0 aliphatic heterocycles. The molecule has 8 heteroatoms. The monoisotopic (exact) mass is 243 g/mol. The van der Waals surface area contributed by atoms with Gasteiger partial charge in [0.05, 0.1) is 6.61 Å². The van der Waals surface area contributed by atoms with Gasteiger partial charge in [-0.3, -0.25) is 0 Å². The fourth-order valence-electron chi connectivity index (χ4n) is 1.29. The molecule has 96 valence electrons. The zero-order valence-electron chi connectivity index (χ0n) is 9.97. The number of ether oxygens (including phenoxy) is 1. The SMILES string of the molecule is COCCN(C)CCNc1cn[nH]c1[N+](=O)[O-]. The normalized spacial score (nSPS) is 10.8.